The first-order chi connectivity index (χ1) is 8.63. The number of amides is 1. The lowest BCUT2D eigenvalue weighted by Crippen LogP contribution is -2.43. The molecule has 1 amide bonds. The topological polar surface area (TPSA) is 46.3 Å². The average molecular weight is 250 g/mol. The van der Waals surface area contributed by atoms with Gasteiger partial charge < -0.3 is 10.6 Å². The second-order valence-corrected chi connectivity index (χ2v) is 4.79. The van der Waals surface area contributed by atoms with Crippen LogP contribution in [0.25, 0.3) is 0 Å². The molecule has 1 aromatic carbocycles. The normalized spacial score (nSPS) is 19.9. The van der Waals surface area contributed by atoms with Crippen LogP contribution in [0.2, 0.25) is 0 Å². The van der Waals surface area contributed by atoms with Gasteiger partial charge in [-0.25, -0.2) is 4.39 Å². The third-order valence-corrected chi connectivity index (χ3v) is 3.60. The van der Waals surface area contributed by atoms with Gasteiger partial charge in [0.15, 0.2) is 0 Å². The summed E-state index contributed by atoms with van der Waals surface area (Å²) in [5.74, 6) is -0.478. The van der Waals surface area contributed by atoms with Crippen molar-refractivity contribution in [2.45, 2.75) is 38.6 Å². The lowest BCUT2D eigenvalue weighted by atomic mass is 9.98. The molecule has 1 aromatic rings. The zero-order valence-electron chi connectivity index (χ0n) is 10.7. The van der Waals surface area contributed by atoms with Gasteiger partial charge in [0.1, 0.15) is 5.82 Å². The predicted molar refractivity (Wildman–Crippen MR) is 69.8 cm³/mol. The number of carbonyl (C=O) groups excluding carboxylic acids is 1. The van der Waals surface area contributed by atoms with Gasteiger partial charge in [0.05, 0.1) is 5.56 Å². The molecule has 2 rings (SSSR count). The highest BCUT2D eigenvalue weighted by Gasteiger charge is 2.27. The van der Waals surface area contributed by atoms with Gasteiger partial charge in [-0.15, -0.1) is 0 Å². The fraction of sp³-hybridized carbons (Fsp3) is 0.500. The number of halogens is 1. The van der Waals surface area contributed by atoms with E-state index in [1.54, 1.807) is 0 Å². The molecule has 18 heavy (non-hydrogen) atoms. The van der Waals surface area contributed by atoms with Crippen LogP contribution in [0, 0.1) is 5.82 Å². The highest BCUT2D eigenvalue weighted by molar-refractivity contribution is 5.99. The molecule has 0 aliphatic carbocycles. The number of rotatable bonds is 2. The summed E-state index contributed by atoms with van der Waals surface area (Å²) < 4.78 is 13.0. The smallest absolute Gasteiger partial charge is 0.256 e. The number of nitrogen functional groups attached to an aromatic ring is 1. The summed E-state index contributed by atoms with van der Waals surface area (Å²) in [6, 6.07) is 4.26. The lowest BCUT2D eigenvalue weighted by molar-refractivity contribution is 0.0609. The summed E-state index contributed by atoms with van der Waals surface area (Å²) in [4.78, 5) is 14.3. The number of hydrogen-bond donors (Lipinski definition) is 1. The van der Waals surface area contributed by atoms with E-state index in [0.717, 1.165) is 25.8 Å². The number of hydrogen-bond acceptors (Lipinski definition) is 2. The maximum Gasteiger partial charge on any atom is 0.256 e. The molecule has 4 heteroatoms. The summed E-state index contributed by atoms with van der Waals surface area (Å²) >= 11 is 0. The predicted octanol–water partition coefficient (Wildman–Crippen LogP) is 2.81. The number of nitrogens with zero attached hydrogens (tertiary/aromatic N) is 1. The maximum absolute atomic E-state index is 13.0. The summed E-state index contributed by atoms with van der Waals surface area (Å²) in [5, 5.41) is 0. The molecule has 98 valence electrons. The largest absolute Gasteiger partial charge is 0.398 e. The van der Waals surface area contributed by atoms with Crippen molar-refractivity contribution in [3.05, 3.63) is 29.6 Å². The van der Waals surface area contributed by atoms with Gasteiger partial charge in [0.25, 0.3) is 5.91 Å². The molecule has 1 heterocycles. The zero-order valence-corrected chi connectivity index (χ0v) is 10.7. The van der Waals surface area contributed by atoms with E-state index in [9.17, 15) is 9.18 Å². The molecule has 0 spiro atoms. The van der Waals surface area contributed by atoms with Gasteiger partial charge in [-0.1, -0.05) is 6.92 Å². The van der Waals surface area contributed by atoms with Crippen LogP contribution in [0.4, 0.5) is 10.1 Å². The first kappa shape index (κ1) is 12.9. The van der Waals surface area contributed by atoms with Gasteiger partial charge >= 0.3 is 0 Å². The number of piperidine rings is 1. The van der Waals surface area contributed by atoms with E-state index in [1.807, 2.05) is 4.90 Å². The Balaban J connectivity index is 2.24. The zero-order chi connectivity index (χ0) is 13.1. The van der Waals surface area contributed by atoms with Crippen LogP contribution in [0.3, 0.4) is 0 Å². The fourth-order valence-corrected chi connectivity index (χ4v) is 2.58. The lowest BCUT2D eigenvalue weighted by Gasteiger charge is -2.35. The average Bonchev–Trinajstić information content (AvgIpc) is 2.38. The number of benzene rings is 1. The van der Waals surface area contributed by atoms with Gasteiger partial charge in [-0.2, -0.15) is 0 Å². The number of likely N-dealkylation sites (tertiary alicyclic amines) is 1. The highest BCUT2D eigenvalue weighted by Crippen LogP contribution is 2.24. The number of anilines is 1. The summed E-state index contributed by atoms with van der Waals surface area (Å²) in [6.45, 7) is 2.86. The Morgan fingerprint density at radius 1 is 1.50 bits per heavy atom. The van der Waals surface area contributed by atoms with Crippen LogP contribution in [-0.4, -0.2) is 23.4 Å². The minimum Gasteiger partial charge on any atom is -0.398 e. The molecule has 1 fully saturated rings. The molecule has 0 radical (unpaired) electrons. The quantitative estimate of drug-likeness (QED) is 0.820. The summed E-state index contributed by atoms with van der Waals surface area (Å²) in [7, 11) is 0. The van der Waals surface area contributed by atoms with Crippen LogP contribution in [0.15, 0.2) is 18.2 Å². The molecule has 3 nitrogen and oxygen atoms in total. The van der Waals surface area contributed by atoms with E-state index in [1.165, 1.54) is 24.6 Å². The third kappa shape index (κ3) is 2.47. The highest BCUT2D eigenvalue weighted by atomic mass is 19.1. The molecule has 0 aromatic heterocycles. The monoisotopic (exact) mass is 250 g/mol. The molecule has 1 aliphatic heterocycles. The van der Waals surface area contributed by atoms with Gasteiger partial charge in [0, 0.05) is 18.3 Å². The Hall–Kier alpha value is -1.58. The van der Waals surface area contributed by atoms with Crippen LogP contribution in [0.5, 0.6) is 0 Å². The minimum atomic E-state index is -0.408. The maximum atomic E-state index is 13.0. The molecule has 0 saturated carbocycles. The van der Waals surface area contributed by atoms with Crippen LogP contribution in [0.1, 0.15) is 43.0 Å². The molecule has 1 aliphatic rings. The van der Waals surface area contributed by atoms with Crippen molar-refractivity contribution in [2.75, 3.05) is 12.3 Å². The molecule has 1 atom stereocenters. The van der Waals surface area contributed by atoms with E-state index in [0.29, 0.717) is 5.56 Å². The van der Waals surface area contributed by atoms with Crippen molar-refractivity contribution in [1.82, 2.24) is 4.90 Å². The van der Waals surface area contributed by atoms with Crippen molar-refractivity contribution < 1.29 is 9.18 Å². The van der Waals surface area contributed by atoms with E-state index >= 15 is 0 Å². The third-order valence-electron chi connectivity index (χ3n) is 3.60. The van der Waals surface area contributed by atoms with Gasteiger partial charge in [-0.3, -0.25) is 4.79 Å². The van der Waals surface area contributed by atoms with Crippen molar-refractivity contribution >= 4 is 11.6 Å². The van der Waals surface area contributed by atoms with E-state index in [4.69, 9.17) is 5.73 Å². The van der Waals surface area contributed by atoms with Gasteiger partial charge in [0.2, 0.25) is 0 Å². The Kier molecular flexibility index (Phi) is 3.84. The van der Waals surface area contributed by atoms with Crippen molar-refractivity contribution in [3.63, 3.8) is 0 Å². The van der Waals surface area contributed by atoms with Crippen LogP contribution < -0.4 is 5.73 Å². The van der Waals surface area contributed by atoms with Gasteiger partial charge in [-0.05, 0) is 43.9 Å². The van der Waals surface area contributed by atoms with Crippen LogP contribution >= 0.6 is 0 Å². The molecular formula is C14H19FN2O. The summed E-state index contributed by atoms with van der Waals surface area (Å²) in [6.07, 6.45) is 4.20. The van der Waals surface area contributed by atoms with E-state index in [2.05, 4.69) is 6.92 Å². The standard InChI is InChI=1S/C14H19FN2O/c1-2-11-5-3-4-8-17(11)14(18)12-7-6-10(15)9-13(12)16/h6-7,9,11H,2-5,8,16H2,1H3. The second-order valence-electron chi connectivity index (χ2n) is 4.79. The molecule has 1 unspecified atom stereocenters. The first-order valence-corrected chi connectivity index (χ1v) is 6.49. The van der Waals surface area contributed by atoms with E-state index in [-0.39, 0.29) is 17.6 Å². The summed E-state index contributed by atoms with van der Waals surface area (Å²) in [5.41, 5.74) is 6.36. The Morgan fingerprint density at radius 2 is 2.28 bits per heavy atom. The molecular weight excluding hydrogens is 231 g/mol. The number of nitrogens with two attached hydrogens (primary N) is 1. The van der Waals surface area contributed by atoms with Crippen LogP contribution in [-0.2, 0) is 0 Å². The fourth-order valence-electron chi connectivity index (χ4n) is 2.58. The van der Waals surface area contributed by atoms with Crippen molar-refractivity contribution in [1.29, 1.82) is 0 Å². The van der Waals surface area contributed by atoms with E-state index < -0.39 is 5.82 Å². The molecule has 2 N–H and O–H groups in total. The molecule has 0 bridgehead atoms. The minimum absolute atomic E-state index is 0.0703. The molecule has 1 saturated heterocycles. The van der Waals surface area contributed by atoms with Crippen molar-refractivity contribution in [3.8, 4) is 0 Å². The number of carbonyl (C=O) groups is 1. The first-order valence-electron chi connectivity index (χ1n) is 6.49. The Labute approximate surface area is 107 Å². The van der Waals surface area contributed by atoms with Crippen molar-refractivity contribution in [2.24, 2.45) is 0 Å². The second kappa shape index (κ2) is 5.38. The Morgan fingerprint density at radius 3 is 2.94 bits per heavy atom. The Bertz CT molecular complexity index is 447. The SMILES string of the molecule is CCC1CCCCN1C(=O)c1ccc(F)cc1N.